The van der Waals surface area contributed by atoms with Crippen molar-refractivity contribution >= 4 is 0 Å². The number of nitrogens with one attached hydrogen (secondary N) is 2. The number of piperidine rings is 1. The zero-order valence-electron chi connectivity index (χ0n) is 11.0. The van der Waals surface area contributed by atoms with Crippen LogP contribution in [0.5, 0.6) is 0 Å². The third-order valence-electron chi connectivity index (χ3n) is 3.31. The van der Waals surface area contributed by atoms with E-state index in [-0.39, 0.29) is 6.29 Å². The van der Waals surface area contributed by atoms with E-state index < -0.39 is 5.60 Å². The molecule has 0 spiro atoms. The van der Waals surface area contributed by atoms with Crippen molar-refractivity contribution in [2.75, 3.05) is 40.4 Å². The van der Waals surface area contributed by atoms with E-state index in [4.69, 9.17) is 9.47 Å². The predicted octanol–water partition coefficient (Wildman–Crippen LogP) is 0.0896. The Morgan fingerprint density at radius 2 is 1.94 bits per heavy atom. The van der Waals surface area contributed by atoms with Crippen LogP contribution in [0.15, 0.2) is 0 Å². The molecule has 0 amide bonds. The first-order valence-corrected chi connectivity index (χ1v) is 6.39. The van der Waals surface area contributed by atoms with Crippen molar-refractivity contribution in [1.29, 1.82) is 0 Å². The van der Waals surface area contributed by atoms with Crippen molar-refractivity contribution in [3.63, 3.8) is 0 Å². The average molecular weight is 246 g/mol. The van der Waals surface area contributed by atoms with Crippen molar-refractivity contribution in [2.45, 2.75) is 37.6 Å². The lowest BCUT2D eigenvalue weighted by Crippen LogP contribution is -2.48. The van der Waals surface area contributed by atoms with Crippen molar-refractivity contribution in [1.82, 2.24) is 10.6 Å². The Morgan fingerprint density at radius 1 is 1.29 bits per heavy atom. The van der Waals surface area contributed by atoms with Gasteiger partial charge in [0.15, 0.2) is 6.29 Å². The molecule has 1 heterocycles. The standard InChI is InChI=1S/C12H26N2O3/c1-16-11(17-2)4-3-7-14-10-12(15)5-8-13-9-6-12/h11,13-15H,3-10H2,1-2H3. The monoisotopic (exact) mass is 246 g/mol. The summed E-state index contributed by atoms with van der Waals surface area (Å²) in [5, 5.41) is 16.8. The summed E-state index contributed by atoms with van der Waals surface area (Å²) in [6.45, 7) is 3.39. The summed E-state index contributed by atoms with van der Waals surface area (Å²) < 4.78 is 10.2. The molecule has 1 aliphatic rings. The van der Waals surface area contributed by atoms with Crippen LogP contribution in [0.1, 0.15) is 25.7 Å². The molecule has 0 saturated carbocycles. The van der Waals surface area contributed by atoms with Crippen LogP contribution >= 0.6 is 0 Å². The van der Waals surface area contributed by atoms with Crippen LogP contribution in [-0.2, 0) is 9.47 Å². The van der Waals surface area contributed by atoms with Gasteiger partial charge >= 0.3 is 0 Å². The summed E-state index contributed by atoms with van der Waals surface area (Å²) in [5.41, 5.74) is -0.521. The second kappa shape index (κ2) is 8.00. The van der Waals surface area contributed by atoms with Crippen molar-refractivity contribution in [3.05, 3.63) is 0 Å². The first kappa shape index (κ1) is 14.9. The number of rotatable bonds is 8. The van der Waals surface area contributed by atoms with Gasteiger partial charge in [-0.3, -0.25) is 0 Å². The van der Waals surface area contributed by atoms with E-state index in [0.29, 0.717) is 6.54 Å². The SMILES string of the molecule is COC(CCCNCC1(O)CCNCC1)OC. The Morgan fingerprint density at radius 3 is 2.53 bits per heavy atom. The van der Waals surface area contributed by atoms with E-state index in [9.17, 15) is 5.11 Å². The van der Waals surface area contributed by atoms with Gasteiger partial charge in [0.25, 0.3) is 0 Å². The molecule has 0 bridgehead atoms. The van der Waals surface area contributed by atoms with Crippen LogP contribution in [0.4, 0.5) is 0 Å². The summed E-state index contributed by atoms with van der Waals surface area (Å²) in [6.07, 6.45) is 3.41. The Labute approximate surface area is 104 Å². The Balaban J connectivity index is 2.03. The quantitative estimate of drug-likeness (QED) is 0.418. The van der Waals surface area contributed by atoms with Gasteiger partial charge in [-0.05, 0) is 45.3 Å². The molecule has 0 aromatic heterocycles. The highest BCUT2D eigenvalue weighted by Gasteiger charge is 2.28. The number of aliphatic hydroxyl groups is 1. The van der Waals surface area contributed by atoms with E-state index in [1.807, 2.05) is 0 Å². The van der Waals surface area contributed by atoms with Crippen LogP contribution in [0.3, 0.4) is 0 Å². The Bertz CT molecular complexity index is 192. The van der Waals surface area contributed by atoms with Gasteiger partial charge in [0, 0.05) is 20.8 Å². The molecule has 0 aliphatic carbocycles. The van der Waals surface area contributed by atoms with Gasteiger partial charge in [0.1, 0.15) is 0 Å². The van der Waals surface area contributed by atoms with Crippen molar-refractivity contribution in [2.24, 2.45) is 0 Å². The smallest absolute Gasteiger partial charge is 0.156 e. The second-order valence-corrected chi connectivity index (χ2v) is 4.69. The Kier molecular flexibility index (Phi) is 6.99. The van der Waals surface area contributed by atoms with Gasteiger partial charge in [-0.15, -0.1) is 0 Å². The summed E-state index contributed by atoms with van der Waals surface area (Å²) in [7, 11) is 3.30. The number of ether oxygens (including phenoxy) is 2. The van der Waals surface area contributed by atoms with E-state index in [1.165, 1.54) is 0 Å². The van der Waals surface area contributed by atoms with E-state index >= 15 is 0 Å². The molecular formula is C12H26N2O3. The molecule has 0 atom stereocenters. The zero-order chi connectivity index (χ0) is 12.6. The number of hydrogen-bond acceptors (Lipinski definition) is 5. The molecule has 1 fully saturated rings. The molecule has 1 saturated heterocycles. The van der Waals surface area contributed by atoms with Crippen LogP contribution in [0, 0.1) is 0 Å². The van der Waals surface area contributed by atoms with E-state index in [0.717, 1.165) is 45.3 Å². The minimum atomic E-state index is -0.521. The topological polar surface area (TPSA) is 62.8 Å². The number of hydrogen-bond donors (Lipinski definition) is 3. The first-order valence-electron chi connectivity index (χ1n) is 6.39. The molecule has 5 nitrogen and oxygen atoms in total. The molecule has 1 rings (SSSR count). The lowest BCUT2D eigenvalue weighted by molar-refractivity contribution is -0.106. The highest BCUT2D eigenvalue weighted by atomic mass is 16.7. The molecule has 3 N–H and O–H groups in total. The van der Waals surface area contributed by atoms with Gasteiger partial charge < -0.3 is 25.2 Å². The maximum atomic E-state index is 10.2. The fourth-order valence-corrected chi connectivity index (χ4v) is 2.12. The first-order chi connectivity index (χ1) is 8.20. The van der Waals surface area contributed by atoms with Crippen LogP contribution in [-0.4, -0.2) is 57.4 Å². The molecule has 0 aromatic carbocycles. The summed E-state index contributed by atoms with van der Waals surface area (Å²) >= 11 is 0. The minimum Gasteiger partial charge on any atom is -0.388 e. The van der Waals surface area contributed by atoms with Crippen molar-refractivity contribution < 1.29 is 14.6 Å². The fraction of sp³-hybridized carbons (Fsp3) is 1.00. The molecule has 5 heteroatoms. The molecule has 1 aliphatic heterocycles. The molecule has 0 aromatic rings. The summed E-state index contributed by atoms with van der Waals surface area (Å²) in [6, 6.07) is 0. The van der Waals surface area contributed by atoms with Gasteiger partial charge in [-0.25, -0.2) is 0 Å². The third-order valence-corrected chi connectivity index (χ3v) is 3.31. The van der Waals surface area contributed by atoms with Gasteiger partial charge in [0.05, 0.1) is 5.60 Å². The Hall–Kier alpha value is -0.200. The fourth-order valence-electron chi connectivity index (χ4n) is 2.12. The van der Waals surface area contributed by atoms with Gasteiger partial charge in [0.2, 0.25) is 0 Å². The second-order valence-electron chi connectivity index (χ2n) is 4.69. The van der Waals surface area contributed by atoms with Crippen LogP contribution in [0.25, 0.3) is 0 Å². The van der Waals surface area contributed by atoms with Gasteiger partial charge in [-0.2, -0.15) is 0 Å². The highest BCUT2D eigenvalue weighted by molar-refractivity contribution is 4.86. The third kappa shape index (κ3) is 5.79. The summed E-state index contributed by atoms with van der Waals surface area (Å²) in [5.74, 6) is 0. The maximum Gasteiger partial charge on any atom is 0.156 e. The highest BCUT2D eigenvalue weighted by Crippen LogP contribution is 2.16. The minimum absolute atomic E-state index is 0.112. The predicted molar refractivity (Wildman–Crippen MR) is 67.0 cm³/mol. The molecular weight excluding hydrogens is 220 g/mol. The molecule has 17 heavy (non-hydrogen) atoms. The van der Waals surface area contributed by atoms with Crippen molar-refractivity contribution in [3.8, 4) is 0 Å². The normalized spacial score (nSPS) is 19.8. The van der Waals surface area contributed by atoms with Crippen LogP contribution < -0.4 is 10.6 Å². The van der Waals surface area contributed by atoms with E-state index in [2.05, 4.69) is 10.6 Å². The number of methoxy groups -OCH3 is 2. The largest absolute Gasteiger partial charge is 0.388 e. The van der Waals surface area contributed by atoms with Crippen LogP contribution in [0.2, 0.25) is 0 Å². The van der Waals surface area contributed by atoms with Gasteiger partial charge in [-0.1, -0.05) is 0 Å². The molecule has 102 valence electrons. The zero-order valence-corrected chi connectivity index (χ0v) is 11.0. The maximum absolute atomic E-state index is 10.2. The molecule has 0 unspecified atom stereocenters. The lowest BCUT2D eigenvalue weighted by atomic mass is 9.92. The van der Waals surface area contributed by atoms with E-state index in [1.54, 1.807) is 14.2 Å². The molecule has 0 radical (unpaired) electrons. The lowest BCUT2D eigenvalue weighted by Gasteiger charge is -2.32. The average Bonchev–Trinajstić information content (AvgIpc) is 2.35. The summed E-state index contributed by atoms with van der Waals surface area (Å²) in [4.78, 5) is 0.